The molecule has 1 aliphatic rings. The molecule has 0 bridgehead atoms. The van der Waals surface area contributed by atoms with E-state index in [2.05, 4.69) is 10.2 Å². The topological polar surface area (TPSA) is 77.0 Å². The van der Waals surface area contributed by atoms with Crippen LogP contribution in [0.5, 0.6) is 0 Å². The second-order valence-electron chi connectivity index (χ2n) is 5.47. The van der Waals surface area contributed by atoms with Crippen molar-refractivity contribution in [3.8, 4) is 5.69 Å². The van der Waals surface area contributed by atoms with Crippen molar-refractivity contribution in [1.82, 2.24) is 14.8 Å². The number of aliphatic hydroxyl groups is 1. The van der Waals surface area contributed by atoms with E-state index >= 15 is 0 Å². The molecule has 2 aromatic rings. The molecule has 0 amide bonds. The Labute approximate surface area is 132 Å². The number of nitrogens with zero attached hydrogens (tertiary/aromatic N) is 3. The summed E-state index contributed by atoms with van der Waals surface area (Å²) < 4.78 is 15.0. The molecule has 1 aliphatic carbocycles. The molecule has 3 N–H and O–H groups in total. The summed E-state index contributed by atoms with van der Waals surface area (Å²) in [7, 11) is 0. The van der Waals surface area contributed by atoms with Gasteiger partial charge in [-0.05, 0) is 49.6 Å². The molecule has 1 aromatic carbocycles. The van der Waals surface area contributed by atoms with Gasteiger partial charge in [-0.25, -0.2) is 4.39 Å². The molecule has 5 nitrogen and oxygen atoms in total. The summed E-state index contributed by atoms with van der Waals surface area (Å²) >= 11 is 1.47. The molecule has 22 heavy (non-hydrogen) atoms. The minimum atomic E-state index is -0.304. The molecule has 0 radical (unpaired) electrons. The Hall–Kier alpha value is -1.44. The molecule has 0 aliphatic heterocycles. The summed E-state index contributed by atoms with van der Waals surface area (Å²) in [5, 5.41) is 19.1. The fraction of sp³-hybridized carbons (Fsp3) is 0.467. The summed E-state index contributed by atoms with van der Waals surface area (Å²) in [5.41, 5.74) is 6.43. The van der Waals surface area contributed by atoms with Crippen molar-refractivity contribution in [2.24, 2.45) is 11.7 Å². The molecular formula is C15H19FN4OS. The lowest BCUT2D eigenvalue weighted by Gasteiger charge is -2.11. The Morgan fingerprint density at radius 2 is 2.05 bits per heavy atom. The summed E-state index contributed by atoms with van der Waals surface area (Å²) in [5.74, 6) is 1.48. The lowest BCUT2D eigenvalue weighted by Crippen LogP contribution is -2.13. The van der Waals surface area contributed by atoms with Crippen LogP contribution in [0.3, 0.4) is 0 Å². The van der Waals surface area contributed by atoms with Gasteiger partial charge in [0.15, 0.2) is 5.16 Å². The minimum absolute atomic E-state index is 0.282. The minimum Gasteiger partial charge on any atom is -0.392 e. The third-order valence-corrected chi connectivity index (χ3v) is 4.73. The van der Waals surface area contributed by atoms with Crippen molar-refractivity contribution in [3.05, 3.63) is 35.9 Å². The largest absolute Gasteiger partial charge is 0.392 e. The fourth-order valence-electron chi connectivity index (χ4n) is 2.31. The second-order valence-corrected chi connectivity index (χ2v) is 6.45. The van der Waals surface area contributed by atoms with Crippen LogP contribution in [-0.2, 0) is 6.42 Å². The van der Waals surface area contributed by atoms with Crippen LogP contribution in [0, 0.1) is 11.7 Å². The van der Waals surface area contributed by atoms with Gasteiger partial charge in [0.25, 0.3) is 0 Å². The number of aromatic nitrogens is 3. The highest BCUT2D eigenvalue weighted by Gasteiger charge is 2.30. The zero-order chi connectivity index (χ0) is 15.5. The normalized spacial score (nSPS) is 16.0. The van der Waals surface area contributed by atoms with Crippen molar-refractivity contribution < 1.29 is 9.50 Å². The lowest BCUT2D eigenvalue weighted by molar-refractivity contribution is 0.176. The van der Waals surface area contributed by atoms with Gasteiger partial charge < -0.3 is 10.8 Å². The first-order valence-electron chi connectivity index (χ1n) is 7.40. The molecular weight excluding hydrogens is 303 g/mol. The zero-order valence-corrected chi connectivity index (χ0v) is 13.0. The summed E-state index contributed by atoms with van der Waals surface area (Å²) in [4.78, 5) is 0. The zero-order valence-electron chi connectivity index (χ0n) is 12.2. The van der Waals surface area contributed by atoms with Gasteiger partial charge in [-0.15, -0.1) is 10.2 Å². The molecule has 3 rings (SSSR count). The number of hydrogen-bond donors (Lipinski definition) is 2. The summed E-state index contributed by atoms with van der Waals surface area (Å²) in [6.45, 7) is 0.467. The van der Waals surface area contributed by atoms with Gasteiger partial charge in [0.1, 0.15) is 11.6 Å². The third-order valence-electron chi connectivity index (χ3n) is 3.70. The molecule has 7 heteroatoms. The molecule has 1 heterocycles. The smallest absolute Gasteiger partial charge is 0.195 e. The number of aliphatic hydroxyl groups excluding tert-OH is 1. The molecule has 0 spiro atoms. The molecule has 118 valence electrons. The highest BCUT2D eigenvalue weighted by atomic mass is 32.2. The fourth-order valence-corrected chi connectivity index (χ4v) is 3.34. The molecule has 1 saturated carbocycles. The Balaban J connectivity index is 1.83. The highest BCUT2D eigenvalue weighted by Crippen LogP contribution is 2.35. The van der Waals surface area contributed by atoms with Crippen LogP contribution in [0.15, 0.2) is 29.4 Å². The van der Waals surface area contributed by atoms with Crippen LogP contribution >= 0.6 is 11.8 Å². The van der Waals surface area contributed by atoms with E-state index < -0.39 is 0 Å². The maximum absolute atomic E-state index is 13.1. The number of nitrogens with two attached hydrogens (primary N) is 1. The number of halogens is 1. The van der Waals surface area contributed by atoms with Crippen LogP contribution in [-0.4, -0.2) is 38.3 Å². The van der Waals surface area contributed by atoms with E-state index in [1.54, 1.807) is 12.1 Å². The van der Waals surface area contributed by atoms with Crippen molar-refractivity contribution in [1.29, 1.82) is 0 Å². The third kappa shape index (κ3) is 3.48. The molecule has 0 saturated heterocycles. The van der Waals surface area contributed by atoms with E-state index in [-0.39, 0.29) is 11.9 Å². The van der Waals surface area contributed by atoms with Gasteiger partial charge in [0.05, 0.1) is 6.10 Å². The van der Waals surface area contributed by atoms with E-state index in [1.165, 1.54) is 23.9 Å². The molecule has 1 aromatic heterocycles. The Kier molecular flexibility index (Phi) is 4.75. The van der Waals surface area contributed by atoms with E-state index in [9.17, 15) is 9.50 Å². The van der Waals surface area contributed by atoms with Crippen LogP contribution in [0.25, 0.3) is 5.69 Å². The summed E-state index contributed by atoms with van der Waals surface area (Å²) in [6, 6.07) is 6.21. The Morgan fingerprint density at radius 1 is 1.32 bits per heavy atom. The number of hydrogen-bond acceptors (Lipinski definition) is 5. The number of benzene rings is 1. The van der Waals surface area contributed by atoms with Crippen molar-refractivity contribution >= 4 is 11.8 Å². The average molecular weight is 322 g/mol. The average Bonchev–Trinajstić information content (AvgIpc) is 3.29. The standard InChI is InChI=1S/C15H19FN4OS/c16-11-3-5-12(6-4-11)20-14(7-8-17)18-19-15(20)22-9-13(21)10-1-2-10/h3-6,10,13,21H,1-2,7-9,17H2. The maximum atomic E-state index is 13.1. The van der Waals surface area contributed by atoms with Crippen molar-refractivity contribution in [2.75, 3.05) is 12.3 Å². The van der Waals surface area contributed by atoms with Crippen LogP contribution < -0.4 is 5.73 Å². The van der Waals surface area contributed by atoms with E-state index in [1.807, 2.05) is 4.57 Å². The number of rotatable bonds is 7. The van der Waals surface area contributed by atoms with Gasteiger partial charge in [-0.3, -0.25) is 4.57 Å². The van der Waals surface area contributed by atoms with Gasteiger partial charge >= 0.3 is 0 Å². The Bertz CT molecular complexity index is 627. The monoisotopic (exact) mass is 322 g/mol. The SMILES string of the molecule is NCCc1nnc(SCC(O)C2CC2)n1-c1ccc(F)cc1. The molecule has 1 unspecified atom stereocenters. The van der Waals surface area contributed by atoms with E-state index in [0.717, 1.165) is 24.4 Å². The Morgan fingerprint density at radius 3 is 2.68 bits per heavy atom. The first kappa shape index (κ1) is 15.5. The lowest BCUT2D eigenvalue weighted by atomic mass is 10.3. The van der Waals surface area contributed by atoms with Gasteiger partial charge in [-0.2, -0.15) is 0 Å². The van der Waals surface area contributed by atoms with E-state index in [4.69, 9.17) is 5.73 Å². The highest BCUT2D eigenvalue weighted by molar-refractivity contribution is 7.99. The van der Waals surface area contributed by atoms with Gasteiger partial charge in [-0.1, -0.05) is 11.8 Å². The first-order chi connectivity index (χ1) is 10.7. The first-order valence-corrected chi connectivity index (χ1v) is 8.38. The maximum Gasteiger partial charge on any atom is 0.195 e. The quantitative estimate of drug-likeness (QED) is 0.760. The van der Waals surface area contributed by atoms with Gasteiger partial charge in [0.2, 0.25) is 0 Å². The molecule has 1 fully saturated rings. The number of thioether (sulfide) groups is 1. The van der Waals surface area contributed by atoms with Crippen molar-refractivity contribution in [3.63, 3.8) is 0 Å². The van der Waals surface area contributed by atoms with E-state index in [0.29, 0.717) is 29.8 Å². The van der Waals surface area contributed by atoms with Crippen LogP contribution in [0.1, 0.15) is 18.7 Å². The molecule has 1 atom stereocenters. The van der Waals surface area contributed by atoms with Crippen LogP contribution in [0.2, 0.25) is 0 Å². The van der Waals surface area contributed by atoms with Gasteiger partial charge in [0, 0.05) is 17.9 Å². The second kappa shape index (κ2) is 6.76. The predicted molar refractivity (Wildman–Crippen MR) is 83.5 cm³/mol. The van der Waals surface area contributed by atoms with Crippen LogP contribution in [0.4, 0.5) is 4.39 Å². The summed E-state index contributed by atoms with van der Waals surface area (Å²) in [6.07, 6.45) is 2.49. The van der Waals surface area contributed by atoms with Crippen molar-refractivity contribution in [2.45, 2.75) is 30.5 Å². The predicted octanol–water partition coefficient (Wildman–Crippen LogP) is 1.77.